The summed E-state index contributed by atoms with van der Waals surface area (Å²) < 4.78 is 6.02. The van der Waals surface area contributed by atoms with Crippen LogP contribution in [0.5, 0.6) is 0 Å². The van der Waals surface area contributed by atoms with Crippen molar-refractivity contribution in [3.63, 3.8) is 0 Å². The van der Waals surface area contributed by atoms with Gasteiger partial charge in [0.1, 0.15) is 5.60 Å². The van der Waals surface area contributed by atoms with Crippen LogP contribution < -0.4 is 0 Å². The molecule has 2 aliphatic carbocycles. The normalized spacial score (nSPS) is 28.8. The summed E-state index contributed by atoms with van der Waals surface area (Å²) in [6, 6.07) is 0. The molecule has 1 fully saturated rings. The highest BCUT2D eigenvalue weighted by Gasteiger charge is 2.55. The van der Waals surface area contributed by atoms with Gasteiger partial charge in [0.05, 0.1) is 11.8 Å². The highest BCUT2D eigenvalue weighted by molar-refractivity contribution is 5.84. The maximum absolute atomic E-state index is 12.9. The molecule has 136 valence electrons. The van der Waals surface area contributed by atoms with Gasteiger partial charge in [0.2, 0.25) is 0 Å². The smallest absolute Gasteiger partial charge is 0.310 e. The number of unbranched alkanes of at least 4 members (excludes halogenated alkanes) is 2. The Labute approximate surface area is 145 Å². The minimum Gasteiger partial charge on any atom is -0.481 e. The third-order valence-corrected chi connectivity index (χ3v) is 6.27. The zero-order chi connectivity index (χ0) is 17.9. The number of fused-ring (bicyclic) bond motifs is 2. The summed E-state index contributed by atoms with van der Waals surface area (Å²) in [4.78, 5) is 24.6. The number of carbonyl (C=O) groups excluding carboxylic acids is 1. The Balaban J connectivity index is 2.14. The summed E-state index contributed by atoms with van der Waals surface area (Å²) in [5, 5.41) is 9.59. The highest BCUT2D eigenvalue weighted by Crippen LogP contribution is 2.52. The van der Waals surface area contributed by atoms with Gasteiger partial charge in [-0.05, 0) is 50.9 Å². The van der Waals surface area contributed by atoms with Crippen LogP contribution in [0.1, 0.15) is 72.6 Å². The van der Waals surface area contributed by atoms with Crippen LogP contribution in [-0.2, 0) is 14.3 Å². The Morgan fingerprint density at radius 1 is 1.21 bits per heavy atom. The number of esters is 1. The number of carboxylic acids is 1. The van der Waals surface area contributed by atoms with Crippen LogP contribution in [0.4, 0.5) is 0 Å². The van der Waals surface area contributed by atoms with Gasteiger partial charge in [-0.15, -0.1) is 0 Å². The van der Waals surface area contributed by atoms with Gasteiger partial charge in [0.25, 0.3) is 0 Å². The fourth-order valence-electron chi connectivity index (χ4n) is 4.63. The van der Waals surface area contributed by atoms with E-state index in [1.165, 1.54) is 0 Å². The first kappa shape index (κ1) is 19.0. The number of carboxylic acid groups (broad SMARTS) is 1. The summed E-state index contributed by atoms with van der Waals surface area (Å²) in [6.45, 7) is 8.29. The van der Waals surface area contributed by atoms with E-state index in [9.17, 15) is 14.7 Å². The van der Waals surface area contributed by atoms with Crippen molar-refractivity contribution in [2.45, 2.75) is 78.2 Å². The Bertz CT molecular complexity index is 504. The lowest BCUT2D eigenvalue weighted by Gasteiger charge is -2.35. The molecule has 4 nitrogen and oxygen atoms in total. The number of ether oxygens (including phenoxy) is 1. The van der Waals surface area contributed by atoms with Crippen molar-refractivity contribution in [3.05, 3.63) is 11.6 Å². The first-order valence-corrected chi connectivity index (χ1v) is 9.53. The molecule has 0 amide bonds. The van der Waals surface area contributed by atoms with Gasteiger partial charge in [-0.1, -0.05) is 45.3 Å². The molecule has 0 aromatic carbocycles. The maximum Gasteiger partial charge on any atom is 0.310 e. The van der Waals surface area contributed by atoms with E-state index in [0.717, 1.165) is 50.5 Å². The lowest BCUT2D eigenvalue weighted by Crippen LogP contribution is -2.41. The molecule has 0 aromatic heterocycles. The quantitative estimate of drug-likeness (QED) is 0.380. The van der Waals surface area contributed by atoms with E-state index in [1.807, 2.05) is 13.0 Å². The number of carbonyl (C=O) groups is 2. The number of hydrogen-bond donors (Lipinski definition) is 1. The number of hydrogen-bond acceptors (Lipinski definition) is 3. The molecule has 1 N–H and O–H groups in total. The van der Waals surface area contributed by atoms with Gasteiger partial charge in [0, 0.05) is 0 Å². The molecule has 2 bridgehead atoms. The standard InChI is InChI=1S/C20H32O4/c1-5-8-9-10-20(6-2,7-3)24-19(23)17-15-12-14(11-13(15)4)16(17)18(21)22/h11,14-17H,5-10,12H2,1-4H3,(H,21,22). The summed E-state index contributed by atoms with van der Waals surface area (Å²) in [5.41, 5.74) is 0.721. The van der Waals surface area contributed by atoms with Gasteiger partial charge < -0.3 is 9.84 Å². The third kappa shape index (κ3) is 3.52. The fraction of sp³-hybridized carbons (Fsp3) is 0.800. The largest absolute Gasteiger partial charge is 0.481 e. The number of allylic oxidation sites excluding steroid dienone is 2. The molecular weight excluding hydrogens is 304 g/mol. The van der Waals surface area contributed by atoms with Crippen molar-refractivity contribution in [1.29, 1.82) is 0 Å². The van der Waals surface area contributed by atoms with Crippen molar-refractivity contribution < 1.29 is 19.4 Å². The Morgan fingerprint density at radius 2 is 1.88 bits per heavy atom. The van der Waals surface area contributed by atoms with Crippen molar-refractivity contribution in [2.24, 2.45) is 23.7 Å². The average molecular weight is 336 g/mol. The average Bonchev–Trinajstić information content (AvgIpc) is 3.10. The molecule has 4 atom stereocenters. The Hall–Kier alpha value is -1.32. The SMILES string of the molecule is CCCCCC(CC)(CC)OC(=O)C1C2CC(C=C2C)C1C(=O)O. The van der Waals surface area contributed by atoms with Crippen molar-refractivity contribution in [3.8, 4) is 0 Å². The first-order chi connectivity index (χ1) is 11.4. The monoisotopic (exact) mass is 336 g/mol. The molecule has 2 rings (SSSR count). The van der Waals surface area contributed by atoms with E-state index >= 15 is 0 Å². The second-order valence-electron chi connectivity index (χ2n) is 7.57. The van der Waals surface area contributed by atoms with Gasteiger partial charge in [-0.2, -0.15) is 0 Å². The molecule has 4 unspecified atom stereocenters. The van der Waals surface area contributed by atoms with Gasteiger partial charge >= 0.3 is 11.9 Å². The van der Waals surface area contributed by atoms with Gasteiger partial charge in [0.15, 0.2) is 0 Å². The van der Waals surface area contributed by atoms with Gasteiger partial charge in [-0.25, -0.2) is 0 Å². The zero-order valence-electron chi connectivity index (χ0n) is 15.5. The summed E-state index contributed by atoms with van der Waals surface area (Å²) in [6.07, 6.45) is 8.57. The maximum atomic E-state index is 12.9. The van der Waals surface area contributed by atoms with Crippen LogP contribution in [0, 0.1) is 23.7 Å². The third-order valence-electron chi connectivity index (χ3n) is 6.27. The molecule has 24 heavy (non-hydrogen) atoms. The molecule has 0 aliphatic heterocycles. The lowest BCUT2D eigenvalue weighted by molar-refractivity contribution is -0.173. The van der Waals surface area contributed by atoms with E-state index in [2.05, 4.69) is 20.8 Å². The molecule has 2 aliphatic rings. The molecule has 4 heteroatoms. The minimum absolute atomic E-state index is 0.0113. The van der Waals surface area contributed by atoms with Gasteiger partial charge in [-0.3, -0.25) is 9.59 Å². The van der Waals surface area contributed by atoms with E-state index in [0.29, 0.717) is 0 Å². The first-order valence-electron chi connectivity index (χ1n) is 9.53. The molecule has 0 spiro atoms. The summed E-state index contributed by atoms with van der Waals surface area (Å²) in [5.74, 6) is -2.25. The van der Waals surface area contributed by atoms with Crippen LogP contribution in [0.2, 0.25) is 0 Å². The van der Waals surface area contributed by atoms with E-state index in [4.69, 9.17) is 4.74 Å². The predicted molar refractivity (Wildman–Crippen MR) is 93.5 cm³/mol. The Morgan fingerprint density at radius 3 is 2.42 bits per heavy atom. The molecule has 0 heterocycles. The summed E-state index contributed by atoms with van der Waals surface area (Å²) >= 11 is 0. The Kier molecular flexibility index (Phi) is 6.11. The van der Waals surface area contributed by atoms with Crippen LogP contribution in [0.15, 0.2) is 11.6 Å². The van der Waals surface area contributed by atoms with E-state index < -0.39 is 23.4 Å². The second kappa shape index (κ2) is 7.71. The number of rotatable bonds is 9. The highest BCUT2D eigenvalue weighted by atomic mass is 16.6. The molecule has 0 saturated heterocycles. The molecule has 0 radical (unpaired) electrons. The van der Waals surface area contributed by atoms with Crippen LogP contribution in [-0.4, -0.2) is 22.6 Å². The minimum atomic E-state index is -0.863. The topological polar surface area (TPSA) is 63.6 Å². The predicted octanol–water partition coefficient (Wildman–Crippen LogP) is 4.58. The molecule has 0 aromatic rings. The fourth-order valence-corrected chi connectivity index (χ4v) is 4.63. The van der Waals surface area contributed by atoms with Crippen LogP contribution in [0.25, 0.3) is 0 Å². The van der Waals surface area contributed by atoms with Crippen molar-refractivity contribution in [2.75, 3.05) is 0 Å². The lowest BCUT2D eigenvalue weighted by atomic mass is 9.79. The molecule has 1 saturated carbocycles. The van der Waals surface area contributed by atoms with Crippen molar-refractivity contribution >= 4 is 11.9 Å². The van der Waals surface area contributed by atoms with E-state index in [1.54, 1.807) is 0 Å². The zero-order valence-corrected chi connectivity index (χ0v) is 15.5. The van der Waals surface area contributed by atoms with E-state index in [-0.39, 0.29) is 17.8 Å². The summed E-state index contributed by atoms with van der Waals surface area (Å²) in [7, 11) is 0. The number of aliphatic carboxylic acids is 1. The molecular formula is C20H32O4. The van der Waals surface area contributed by atoms with Crippen LogP contribution in [0.3, 0.4) is 0 Å². The second-order valence-corrected chi connectivity index (χ2v) is 7.57. The van der Waals surface area contributed by atoms with Crippen LogP contribution >= 0.6 is 0 Å². The van der Waals surface area contributed by atoms with Crippen molar-refractivity contribution in [1.82, 2.24) is 0 Å².